The number of likely N-dealkylation sites (tertiary alicyclic amines) is 1. The molecule has 28 heavy (non-hydrogen) atoms. The molecule has 1 atom stereocenters. The fraction of sp³-hybridized carbons (Fsp3) is 0.381. The Bertz CT molecular complexity index is 977. The van der Waals surface area contributed by atoms with Gasteiger partial charge < -0.3 is 19.2 Å². The highest BCUT2D eigenvalue weighted by Crippen LogP contribution is 2.20. The molecule has 1 fully saturated rings. The third-order valence-corrected chi connectivity index (χ3v) is 5.27. The summed E-state index contributed by atoms with van der Waals surface area (Å²) >= 11 is 0. The lowest BCUT2D eigenvalue weighted by Crippen LogP contribution is -2.33. The second kappa shape index (κ2) is 7.88. The van der Waals surface area contributed by atoms with Gasteiger partial charge in [0.25, 0.3) is 0 Å². The van der Waals surface area contributed by atoms with Crippen LogP contribution in [-0.4, -0.2) is 39.4 Å². The summed E-state index contributed by atoms with van der Waals surface area (Å²) in [6, 6.07) is 11.7. The Morgan fingerprint density at radius 2 is 2.14 bits per heavy atom. The highest BCUT2D eigenvalue weighted by Gasteiger charge is 2.34. The van der Waals surface area contributed by atoms with Crippen LogP contribution in [0, 0.1) is 5.92 Å². The van der Waals surface area contributed by atoms with Gasteiger partial charge in [-0.15, -0.1) is 0 Å². The van der Waals surface area contributed by atoms with E-state index in [9.17, 15) is 9.59 Å². The van der Waals surface area contributed by atoms with E-state index >= 15 is 0 Å². The van der Waals surface area contributed by atoms with Crippen molar-refractivity contribution in [2.24, 2.45) is 13.0 Å². The summed E-state index contributed by atoms with van der Waals surface area (Å²) in [6.07, 6.45) is 3.45. The first-order valence-corrected chi connectivity index (χ1v) is 9.60. The Morgan fingerprint density at radius 1 is 1.29 bits per heavy atom. The molecule has 2 amide bonds. The molecular weight excluding hydrogens is 356 g/mol. The Kier molecular flexibility index (Phi) is 5.14. The normalized spacial score (nSPS) is 16.8. The highest BCUT2D eigenvalue weighted by molar-refractivity contribution is 5.89. The van der Waals surface area contributed by atoms with Crippen LogP contribution in [0.4, 0.5) is 0 Å². The number of benzene rings is 1. The van der Waals surface area contributed by atoms with Crippen molar-refractivity contribution in [2.75, 3.05) is 13.1 Å². The molecule has 7 nitrogen and oxygen atoms in total. The van der Waals surface area contributed by atoms with Crippen molar-refractivity contribution in [3.63, 3.8) is 0 Å². The van der Waals surface area contributed by atoms with E-state index in [1.54, 1.807) is 17.2 Å². The quantitative estimate of drug-likeness (QED) is 0.638. The van der Waals surface area contributed by atoms with Crippen molar-refractivity contribution in [3.05, 3.63) is 54.2 Å². The van der Waals surface area contributed by atoms with Gasteiger partial charge in [0.15, 0.2) is 0 Å². The Morgan fingerprint density at radius 3 is 2.93 bits per heavy atom. The number of hydrogen-bond donors (Lipinski definition) is 1. The Labute approximate surface area is 163 Å². The zero-order chi connectivity index (χ0) is 19.5. The van der Waals surface area contributed by atoms with Gasteiger partial charge >= 0.3 is 0 Å². The smallest absolute Gasteiger partial charge is 0.225 e. The van der Waals surface area contributed by atoms with Crippen molar-refractivity contribution in [1.82, 2.24) is 19.8 Å². The minimum atomic E-state index is -0.293. The van der Waals surface area contributed by atoms with E-state index in [-0.39, 0.29) is 24.2 Å². The van der Waals surface area contributed by atoms with E-state index in [0.717, 1.165) is 35.5 Å². The number of furan rings is 1. The summed E-state index contributed by atoms with van der Waals surface area (Å²) in [6.45, 7) is 1.43. The number of para-hydroxylation sites is 2. The van der Waals surface area contributed by atoms with Crippen molar-refractivity contribution in [3.8, 4) is 0 Å². The summed E-state index contributed by atoms with van der Waals surface area (Å²) in [5.74, 6) is 1.39. The summed E-state index contributed by atoms with van der Waals surface area (Å²) in [5.41, 5.74) is 2.10. The first-order valence-electron chi connectivity index (χ1n) is 9.60. The zero-order valence-electron chi connectivity index (χ0n) is 15.9. The fourth-order valence-corrected chi connectivity index (χ4v) is 3.71. The number of carbonyl (C=O) groups excluding carboxylic acids is 2. The zero-order valence-corrected chi connectivity index (χ0v) is 15.9. The molecular formula is C21H24N4O3. The van der Waals surface area contributed by atoms with E-state index in [0.29, 0.717) is 19.6 Å². The van der Waals surface area contributed by atoms with Gasteiger partial charge in [0.1, 0.15) is 11.6 Å². The minimum absolute atomic E-state index is 0.00347. The lowest BCUT2D eigenvalue weighted by atomic mass is 10.1. The largest absolute Gasteiger partial charge is 0.467 e. The second-order valence-electron chi connectivity index (χ2n) is 7.23. The van der Waals surface area contributed by atoms with Gasteiger partial charge in [-0.3, -0.25) is 9.59 Å². The molecule has 0 radical (unpaired) electrons. The number of aryl methyl sites for hydroxylation is 2. The van der Waals surface area contributed by atoms with E-state index < -0.39 is 0 Å². The predicted molar refractivity (Wildman–Crippen MR) is 104 cm³/mol. The molecule has 1 aliphatic heterocycles. The first kappa shape index (κ1) is 18.3. The van der Waals surface area contributed by atoms with Crippen LogP contribution in [0.15, 0.2) is 47.1 Å². The number of imidazole rings is 1. The molecule has 1 saturated heterocycles. The number of fused-ring (bicyclic) bond motifs is 1. The molecule has 7 heteroatoms. The van der Waals surface area contributed by atoms with Crippen molar-refractivity contribution < 1.29 is 14.0 Å². The predicted octanol–water partition coefficient (Wildman–Crippen LogP) is 2.26. The van der Waals surface area contributed by atoms with Crippen LogP contribution in [0.1, 0.15) is 24.4 Å². The lowest BCUT2D eigenvalue weighted by molar-refractivity contribution is -0.129. The topological polar surface area (TPSA) is 80.4 Å². The number of nitrogens with one attached hydrogen (secondary N) is 1. The maximum absolute atomic E-state index is 12.4. The van der Waals surface area contributed by atoms with E-state index in [2.05, 4.69) is 20.9 Å². The molecule has 3 heterocycles. The number of rotatable bonds is 7. The molecule has 0 bridgehead atoms. The molecule has 146 valence electrons. The molecule has 4 rings (SSSR count). The highest BCUT2D eigenvalue weighted by atomic mass is 16.3. The van der Waals surface area contributed by atoms with E-state index in [1.165, 1.54) is 0 Å². The van der Waals surface area contributed by atoms with Gasteiger partial charge in [0.2, 0.25) is 11.8 Å². The number of hydrogen-bond acceptors (Lipinski definition) is 4. The molecule has 0 aliphatic carbocycles. The van der Waals surface area contributed by atoms with Gasteiger partial charge in [-0.05, 0) is 30.7 Å². The monoisotopic (exact) mass is 380 g/mol. The number of carbonyl (C=O) groups is 2. The maximum atomic E-state index is 12.4. The van der Waals surface area contributed by atoms with E-state index in [4.69, 9.17) is 4.42 Å². The van der Waals surface area contributed by atoms with Gasteiger partial charge in [-0.2, -0.15) is 0 Å². The lowest BCUT2D eigenvalue weighted by Gasteiger charge is -2.15. The molecule has 2 aromatic heterocycles. The van der Waals surface area contributed by atoms with Gasteiger partial charge in [-0.1, -0.05) is 12.1 Å². The minimum Gasteiger partial charge on any atom is -0.467 e. The summed E-state index contributed by atoms with van der Waals surface area (Å²) in [5, 5.41) is 2.97. The SMILES string of the molecule is Cn1c(CCCNC(=O)[C@@H]2CC(=O)N(Cc3ccco3)C2)nc2ccccc21. The third kappa shape index (κ3) is 3.78. The van der Waals surface area contributed by atoms with Crippen LogP contribution in [0.5, 0.6) is 0 Å². The standard InChI is InChI=1S/C21H24N4O3/c1-24-18-8-3-2-7-17(18)23-19(24)9-4-10-22-21(27)15-12-20(26)25(13-15)14-16-6-5-11-28-16/h2-3,5-8,11,15H,4,9-10,12-14H2,1H3,(H,22,27)/t15-/m1/s1. The fourth-order valence-electron chi connectivity index (χ4n) is 3.71. The third-order valence-electron chi connectivity index (χ3n) is 5.27. The maximum Gasteiger partial charge on any atom is 0.225 e. The van der Waals surface area contributed by atoms with Crippen LogP contribution >= 0.6 is 0 Å². The van der Waals surface area contributed by atoms with Crippen LogP contribution in [0.3, 0.4) is 0 Å². The summed E-state index contributed by atoms with van der Waals surface area (Å²) in [4.78, 5) is 30.9. The average molecular weight is 380 g/mol. The molecule has 0 saturated carbocycles. The molecule has 0 spiro atoms. The molecule has 3 aromatic rings. The average Bonchev–Trinajstić information content (AvgIpc) is 3.41. The molecule has 1 aromatic carbocycles. The number of aromatic nitrogens is 2. The van der Waals surface area contributed by atoms with Gasteiger partial charge in [0.05, 0.1) is 29.8 Å². The van der Waals surface area contributed by atoms with Crippen molar-refractivity contribution in [1.29, 1.82) is 0 Å². The van der Waals surface area contributed by atoms with Crippen molar-refractivity contribution >= 4 is 22.8 Å². The Balaban J connectivity index is 1.24. The van der Waals surface area contributed by atoms with Crippen LogP contribution in [0.2, 0.25) is 0 Å². The summed E-state index contributed by atoms with van der Waals surface area (Å²) < 4.78 is 7.39. The molecule has 1 N–H and O–H groups in total. The van der Waals surface area contributed by atoms with Crippen LogP contribution in [-0.2, 0) is 29.6 Å². The number of amides is 2. The summed E-state index contributed by atoms with van der Waals surface area (Å²) in [7, 11) is 2.01. The molecule has 0 unspecified atom stereocenters. The first-order chi connectivity index (χ1) is 13.6. The van der Waals surface area contributed by atoms with Gasteiger partial charge in [-0.25, -0.2) is 4.98 Å². The van der Waals surface area contributed by atoms with E-state index in [1.807, 2.05) is 31.3 Å². The second-order valence-corrected chi connectivity index (χ2v) is 7.23. The van der Waals surface area contributed by atoms with Crippen LogP contribution in [0.25, 0.3) is 11.0 Å². The number of nitrogens with zero attached hydrogens (tertiary/aromatic N) is 3. The van der Waals surface area contributed by atoms with Crippen LogP contribution < -0.4 is 5.32 Å². The Hall–Kier alpha value is -3.09. The van der Waals surface area contributed by atoms with Crippen molar-refractivity contribution in [2.45, 2.75) is 25.8 Å². The molecule has 1 aliphatic rings. The van der Waals surface area contributed by atoms with Gasteiger partial charge in [0, 0.05) is 33.0 Å².